The molecule has 2 heterocycles. The number of nitro groups is 1. The van der Waals surface area contributed by atoms with Crippen molar-refractivity contribution in [2.75, 3.05) is 10.6 Å². The Balaban J connectivity index is 1.75. The van der Waals surface area contributed by atoms with Gasteiger partial charge in [0.1, 0.15) is 6.33 Å². The molecule has 4 rings (SSSR count). The van der Waals surface area contributed by atoms with Gasteiger partial charge in [-0.2, -0.15) is 0 Å². The van der Waals surface area contributed by atoms with Gasteiger partial charge in [0.15, 0.2) is 0 Å². The molecule has 0 saturated carbocycles. The van der Waals surface area contributed by atoms with Crippen molar-refractivity contribution in [1.82, 2.24) is 15.0 Å². The van der Waals surface area contributed by atoms with Gasteiger partial charge in [-0.15, -0.1) is 0 Å². The van der Waals surface area contributed by atoms with Crippen LogP contribution in [0.4, 0.5) is 28.7 Å². The number of nitrogens with zero attached hydrogens (tertiary/aromatic N) is 4. The number of fused-ring (bicyclic) bond motifs is 1. The van der Waals surface area contributed by atoms with Gasteiger partial charge in [-0.1, -0.05) is 24.3 Å². The third-order valence-corrected chi connectivity index (χ3v) is 4.66. The second kappa shape index (κ2) is 7.51. The predicted molar refractivity (Wildman–Crippen MR) is 113 cm³/mol. The van der Waals surface area contributed by atoms with Crippen molar-refractivity contribution < 1.29 is 4.92 Å². The molecule has 8 heteroatoms. The Bertz CT molecular complexity index is 1220. The van der Waals surface area contributed by atoms with Crippen LogP contribution in [0.25, 0.3) is 10.9 Å². The molecule has 2 N–H and O–H groups in total. The first-order valence-corrected chi connectivity index (χ1v) is 8.97. The molecular weight excluding hydrogens is 368 g/mol. The molecule has 0 amide bonds. The van der Waals surface area contributed by atoms with Crippen LogP contribution in [0.2, 0.25) is 0 Å². The summed E-state index contributed by atoms with van der Waals surface area (Å²) in [5.41, 5.74) is 4.02. The molecule has 0 saturated heterocycles. The molecule has 29 heavy (non-hydrogen) atoms. The minimum atomic E-state index is -0.496. The summed E-state index contributed by atoms with van der Waals surface area (Å²) < 4.78 is 0. The molecule has 0 spiro atoms. The standard InChI is InChI=1S/C21H18N6O2/c1-13-8-9-16(11-14(13)2)25-20-19(27(28)29)21(24-12-23-20)26-17-7-3-5-15-6-4-10-22-18(15)17/h3-12H,1-2H3,(H2,23,24,25,26). The number of aryl methyl sites for hydroxylation is 2. The maximum absolute atomic E-state index is 11.8. The molecule has 0 aliphatic rings. The van der Waals surface area contributed by atoms with Crippen LogP contribution in [0, 0.1) is 24.0 Å². The van der Waals surface area contributed by atoms with Crippen molar-refractivity contribution in [2.45, 2.75) is 13.8 Å². The van der Waals surface area contributed by atoms with Gasteiger partial charge in [0.2, 0.25) is 11.6 Å². The summed E-state index contributed by atoms with van der Waals surface area (Å²) in [6.07, 6.45) is 2.96. The summed E-state index contributed by atoms with van der Waals surface area (Å²) >= 11 is 0. The highest BCUT2D eigenvalue weighted by Gasteiger charge is 2.24. The second-order valence-corrected chi connectivity index (χ2v) is 6.61. The Kier molecular flexibility index (Phi) is 4.74. The highest BCUT2D eigenvalue weighted by Crippen LogP contribution is 2.34. The normalized spacial score (nSPS) is 10.7. The van der Waals surface area contributed by atoms with Crippen molar-refractivity contribution >= 4 is 39.6 Å². The average molecular weight is 386 g/mol. The summed E-state index contributed by atoms with van der Waals surface area (Å²) in [6.45, 7) is 3.99. The van der Waals surface area contributed by atoms with Gasteiger partial charge in [-0.25, -0.2) is 9.97 Å². The number of hydrogen-bond acceptors (Lipinski definition) is 7. The topological polar surface area (TPSA) is 106 Å². The first-order chi connectivity index (χ1) is 14.0. The second-order valence-electron chi connectivity index (χ2n) is 6.61. The lowest BCUT2D eigenvalue weighted by Crippen LogP contribution is -2.06. The minimum Gasteiger partial charge on any atom is -0.334 e. The molecule has 0 aliphatic carbocycles. The lowest BCUT2D eigenvalue weighted by atomic mass is 10.1. The number of hydrogen-bond donors (Lipinski definition) is 2. The number of para-hydroxylation sites is 1. The fraction of sp³-hybridized carbons (Fsp3) is 0.0952. The zero-order valence-electron chi connectivity index (χ0n) is 15.9. The van der Waals surface area contributed by atoms with E-state index in [1.807, 2.05) is 56.3 Å². The molecule has 8 nitrogen and oxygen atoms in total. The van der Waals surface area contributed by atoms with Crippen LogP contribution in [0.5, 0.6) is 0 Å². The Morgan fingerprint density at radius 2 is 1.66 bits per heavy atom. The highest BCUT2D eigenvalue weighted by molar-refractivity contribution is 5.93. The average Bonchev–Trinajstić information content (AvgIpc) is 2.71. The third-order valence-electron chi connectivity index (χ3n) is 4.66. The summed E-state index contributed by atoms with van der Waals surface area (Å²) in [6, 6.07) is 15.1. The van der Waals surface area contributed by atoms with Gasteiger partial charge in [0.05, 0.1) is 16.1 Å². The lowest BCUT2D eigenvalue weighted by Gasteiger charge is -2.12. The van der Waals surface area contributed by atoms with Crippen LogP contribution in [0.15, 0.2) is 61.1 Å². The van der Waals surface area contributed by atoms with Crippen molar-refractivity contribution in [2.24, 2.45) is 0 Å². The Morgan fingerprint density at radius 1 is 0.897 bits per heavy atom. The van der Waals surface area contributed by atoms with Crippen molar-refractivity contribution in [3.05, 3.63) is 82.3 Å². The van der Waals surface area contributed by atoms with Crippen LogP contribution < -0.4 is 10.6 Å². The molecule has 0 aliphatic heterocycles. The molecule has 4 aromatic rings. The van der Waals surface area contributed by atoms with E-state index >= 15 is 0 Å². The summed E-state index contributed by atoms with van der Waals surface area (Å²) in [5.74, 6) is 0.207. The molecule has 0 fully saturated rings. The first-order valence-electron chi connectivity index (χ1n) is 8.97. The maximum atomic E-state index is 11.8. The third kappa shape index (κ3) is 3.68. The van der Waals surface area contributed by atoms with Crippen LogP contribution in [0.1, 0.15) is 11.1 Å². The number of rotatable bonds is 5. The van der Waals surface area contributed by atoms with E-state index in [0.29, 0.717) is 16.9 Å². The number of nitrogens with one attached hydrogen (secondary N) is 2. The number of pyridine rings is 1. The van der Waals surface area contributed by atoms with Crippen LogP contribution in [-0.2, 0) is 0 Å². The number of benzene rings is 2. The van der Waals surface area contributed by atoms with E-state index in [4.69, 9.17) is 0 Å². The molecule has 0 radical (unpaired) electrons. The minimum absolute atomic E-state index is 0.0921. The Labute approximate surface area is 166 Å². The molecule has 144 valence electrons. The Morgan fingerprint density at radius 3 is 2.41 bits per heavy atom. The number of aromatic nitrogens is 3. The van der Waals surface area contributed by atoms with Crippen molar-refractivity contribution in [3.63, 3.8) is 0 Å². The smallest absolute Gasteiger partial charge is 0.334 e. The highest BCUT2D eigenvalue weighted by atomic mass is 16.6. The van der Waals surface area contributed by atoms with Gasteiger partial charge in [-0.3, -0.25) is 15.1 Å². The molecule has 0 unspecified atom stereocenters. The zero-order valence-corrected chi connectivity index (χ0v) is 15.9. The monoisotopic (exact) mass is 386 g/mol. The van der Waals surface area contributed by atoms with Gasteiger partial charge < -0.3 is 10.6 Å². The fourth-order valence-electron chi connectivity index (χ4n) is 3.02. The number of anilines is 4. The summed E-state index contributed by atoms with van der Waals surface area (Å²) in [4.78, 5) is 23.9. The van der Waals surface area contributed by atoms with E-state index in [0.717, 1.165) is 16.5 Å². The summed E-state index contributed by atoms with van der Waals surface area (Å²) in [7, 11) is 0. The molecule has 0 atom stereocenters. The van der Waals surface area contributed by atoms with Crippen LogP contribution >= 0.6 is 0 Å². The SMILES string of the molecule is Cc1ccc(Nc2ncnc(Nc3cccc4cccnc34)c2[N+](=O)[O-])cc1C. The van der Waals surface area contributed by atoms with Crippen LogP contribution in [-0.4, -0.2) is 19.9 Å². The predicted octanol–water partition coefficient (Wildman–Crippen LogP) is 5.04. The van der Waals surface area contributed by atoms with E-state index in [9.17, 15) is 10.1 Å². The first kappa shape index (κ1) is 18.3. The van der Waals surface area contributed by atoms with Gasteiger partial charge >= 0.3 is 5.69 Å². The van der Waals surface area contributed by atoms with Gasteiger partial charge in [0.25, 0.3) is 0 Å². The van der Waals surface area contributed by atoms with E-state index in [2.05, 4.69) is 25.6 Å². The molecular formula is C21H18N6O2. The van der Waals surface area contributed by atoms with E-state index < -0.39 is 4.92 Å². The molecule has 0 bridgehead atoms. The van der Waals surface area contributed by atoms with Gasteiger partial charge in [-0.05, 0) is 49.2 Å². The Hall–Kier alpha value is -4.07. The van der Waals surface area contributed by atoms with Gasteiger partial charge in [0, 0.05) is 17.3 Å². The quantitative estimate of drug-likeness (QED) is 0.366. The van der Waals surface area contributed by atoms with E-state index in [-0.39, 0.29) is 17.3 Å². The van der Waals surface area contributed by atoms with Crippen molar-refractivity contribution in [3.8, 4) is 0 Å². The zero-order chi connectivity index (χ0) is 20.4. The fourth-order valence-corrected chi connectivity index (χ4v) is 3.02. The van der Waals surface area contributed by atoms with Crippen LogP contribution in [0.3, 0.4) is 0 Å². The molecule has 2 aromatic carbocycles. The lowest BCUT2D eigenvalue weighted by molar-refractivity contribution is -0.383. The maximum Gasteiger partial charge on any atom is 0.353 e. The molecule has 2 aromatic heterocycles. The van der Waals surface area contributed by atoms with Crippen molar-refractivity contribution in [1.29, 1.82) is 0 Å². The summed E-state index contributed by atoms with van der Waals surface area (Å²) in [5, 5.41) is 18.8. The largest absolute Gasteiger partial charge is 0.353 e. The van der Waals surface area contributed by atoms with E-state index in [1.165, 1.54) is 6.33 Å². The van der Waals surface area contributed by atoms with E-state index in [1.54, 1.807) is 12.3 Å².